The molecular formula is C33H43N5O4S. The zero-order chi connectivity index (χ0) is 30.1. The van der Waals surface area contributed by atoms with Gasteiger partial charge in [0, 0.05) is 24.7 Å². The molecule has 0 spiro atoms. The lowest BCUT2D eigenvalue weighted by atomic mass is 9.91. The largest absolute Gasteiger partial charge is 0.474 e. The summed E-state index contributed by atoms with van der Waals surface area (Å²) >= 11 is 1.62. The smallest absolute Gasteiger partial charge is 0.254 e. The Balaban J connectivity index is 1.08. The van der Waals surface area contributed by atoms with Crippen LogP contribution in [0.4, 0.5) is 0 Å². The van der Waals surface area contributed by atoms with Gasteiger partial charge in [-0.25, -0.2) is 4.98 Å². The molecule has 2 aromatic heterocycles. The van der Waals surface area contributed by atoms with Crippen molar-refractivity contribution in [2.45, 2.75) is 96.3 Å². The lowest BCUT2D eigenvalue weighted by Crippen LogP contribution is -2.48. The molecule has 5 heterocycles. The third-order valence-electron chi connectivity index (χ3n) is 9.51. The van der Waals surface area contributed by atoms with Gasteiger partial charge in [0.05, 0.1) is 22.1 Å². The van der Waals surface area contributed by atoms with Gasteiger partial charge in [0.25, 0.3) is 5.88 Å². The number of likely N-dealkylation sites (tertiary alicyclic amines) is 1. The topological polar surface area (TPSA) is 101 Å². The van der Waals surface area contributed by atoms with Crippen molar-refractivity contribution in [3.8, 4) is 16.3 Å². The highest BCUT2D eigenvalue weighted by atomic mass is 32.1. The molecule has 4 unspecified atom stereocenters. The number of aromatic nitrogens is 2. The van der Waals surface area contributed by atoms with Gasteiger partial charge in [-0.3, -0.25) is 14.5 Å². The second kappa shape index (κ2) is 12.8. The van der Waals surface area contributed by atoms with Crippen LogP contribution < -0.4 is 10.1 Å². The third kappa shape index (κ3) is 6.22. The van der Waals surface area contributed by atoms with Crippen molar-refractivity contribution >= 4 is 23.2 Å². The van der Waals surface area contributed by atoms with Crippen LogP contribution in [-0.4, -0.2) is 69.6 Å². The fraction of sp³-hybridized carbons (Fsp3) is 0.576. The van der Waals surface area contributed by atoms with E-state index < -0.39 is 12.0 Å². The van der Waals surface area contributed by atoms with Gasteiger partial charge in [-0.05, 0) is 81.1 Å². The van der Waals surface area contributed by atoms with Gasteiger partial charge in [0.15, 0.2) is 5.76 Å². The van der Waals surface area contributed by atoms with Crippen LogP contribution in [0.15, 0.2) is 40.4 Å². The number of ether oxygens (including phenoxy) is 1. The van der Waals surface area contributed by atoms with Gasteiger partial charge in [-0.2, -0.15) is 0 Å². The van der Waals surface area contributed by atoms with Gasteiger partial charge in [0.2, 0.25) is 11.8 Å². The number of carbonyl (C=O) groups excluding carboxylic acids is 2. The minimum Gasteiger partial charge on any atom is -0.474 e. The Morgan fingerprint density at radius 1 is 1.09 bits per heavy atom. The quantitative estimate of drug-likeness (QED) is 0.316. The fourth-order valence-electron chi connectivity index (χ4n) is 7.16. The summed E-state index contributed by atoms with van der Waals surface area (Å²) in [4.78, 5) is 37.2. The van der Waals surface area contributed by atoms with Gasteiger partial charge < -0.3 is 19.5 Å². The van der Waals surface area contributed by atoms with E-state index in [0.29, 0.717) is 43.3 Å². The minimum atomic E-state index is -0.534. The second-order valence-electron chi connectivity index (χ2n) is 12.7. The molecule has 3 saturated heterocycles. The number of nitrogens with one attached hydrogen (secondary N) is 1. The van der Waals surface area contributed by atoms with Crippen LogP contribution in [0.5, 0.6) is 5.88 Å². The molecule has 0 radical (unpaired) electrons. The molecule has 3 aliphatic heterocycles. The summed E-state index contributed by atoms with van der Waals surface area (Å²) in [6, 6.07) is 10.4. The van der Waals surface area contributed by atoms with Crippen LogP contribution in [-0.2, 0) is 9.59 Å². The first-order valence-electron chi connectivity index (χ1n) is 15.8. The average Bonchev–Trinajstić information content (AvgIpc) is 3.81. The number of hydrogen-bond donors (Lipinski definition) is 1. The molecule has 2 amide bonds. The van der Waals surface area contributed by atoms with Crippen LogP contribution in [0.25, 0.3) is 10.4 Å². The van der Waals surface area contributed by atoms with Crippen molar-refractivity contribution in [3.63, 3.8) is 0 Å². The van der Waals surface area contributed by atoms with Crippen molar-refractivity contribution in [1.82, 2.24) is 25.3 Å². The molecule has 10 heteroatoms. The number of benzene rings is 1. The highest BCUT2D eigenvalue weighted by Gasteiger charge is 2.41. The van der Waals surface area contributed by atoms with Crippen molar-refractivity contribution in [3.05, 3.63) is 52.9 Å². The van der Waals surface area contributed by atoms with E-state index in [4.69, 9.17) is 9.26 Å². The molecule has 6 rings (SSSR count). The molecule has 0 bridgehead atoms. The zero-order valence-electron chi connectivity index (χ0n) is 25.6. The Morgan fingerprint density at radius 2 is 1.88 bits per heavy atom. The Kier molecular flexibility index (Phi) is 8.86. The van der Waals surface area contributed by atoms with Crippen molar-refractivity contribution in [2.24, 2.45) is 5.92 Å². The number of carbonyl (C=O) groups is 2. The monoisotopic (exact) mass is 605 g/mol. The maximum atomic E-state index is 13.9. The van der Waals surface area contributed by atoms with Crippen LogP contribution in [0.3, 0.4) is 0 Å². The highest BCUT2D eigenvalue weighted by molar-refractivity contribution is 7.13. The average molecular weight is 606 g/mol. The molecule has 3 aliphatic rings. The summed E-state index contributed by atoms with van der Waals surface area (Å²) in [7, 11) is 0. The molecular weight excluding hydrogens is 562 g/mol. The SMILES string of the molecule is Cc1ncsc1-c1ccc(C(C)NC(=O)C2CCCN2C(=O)C(c2cc(OC[C@@H]3CCC4CCCN43)no2)C(C)C)cc1. The van der Waals surface area contributed by atoms with E-state index in [1.807, 2.05) is 45.3 Å². The van der Waals surface area contributed by atoms with Gasteiger partial charge >= 0.3 is 0 Å². The molecule has 5 atom stereocenters. The van der Waals surface area contributed by atoms with Crippen LogP contribution >= 0.6 is 11.3 Å². The molecule has 0 aliphatic carbocycles. The number of hydrogen-bond acceptors (Lipinski definition) is 8. The van der Waals surface area contributed by atoms with Gasteiger partial charge in [-0.15, -0.1) is 11.3 Å². The Hall–Kier alpha value is -3.24. The molecule has 3 fully saturated rings. The fourth-order valence-corrected chi connectivity index (χ4v) is 7.97. The lowest BCUT2D eigenvalue weighted by molar-refractivity contribution is -0.141. The normalized spacial score (nSPS) is 23.5. The first-order valence-corrected chi connectivity index (χ1v) is 16.6. The van der Waals surface area contributed by atoms with Crippen LogP contribution in [0.2, 0.25) is 0 Å². The van der Waals surface area contributed by atoms with Gasteiger partial charge in [-0.1, -0.05) is 38.1 Å². The predicted octanol–water partition coefficient (Wildman–Crippen LogP) is 5.72. The Bertz CT molecular complexity index is 1420. The summed E-state index contributed by atoms with van der Waals surface area (Å²) in [5.74, 6) is 0.142. The number of nitrogens with zero attached hydrogens (tertiary/aromatic N) is 4. The number of fused-ring (bicyclic) bond motifs is 1. The lowest BCUT2D eigenvalue weighted by Gasteiger charge is -2.29. The van der Waals surface area contributed by atoms with E-state index in [-0.39, 0.29) is 23.8 Å². The predicted molar refractivity (Wildman–Crippen MR) is 166 cm³/mol. The molecule has 0 saturated carbocycles. The zero-order valence-corrected chi connectivity index (χ0v) is 26.4. The highest BCUT2D eigenvalue weighted by Crippen LogP contribution is 2.35. The molecule has 3 aromatic rings. The van der Waals surface area contributed by atoms with Crippen LogP contribution in [0, 0.1) is 12.8 Å². The summed E-state index contributed by atoms with van der Waals surface area (Å²) in [5.41, 5.74) is 5.01. The minimum absolute atomic E-state index is 0.0302. The molecule has 9 nitrogen and oxygen atoms in total. The number of aryl methyl sites for hydroxylation is 1. The third-order valence-corrected chi connectivity index (χ3v) is 10.5. The summed E-state index contributed by atoms with van der Waals surface area (Å²) < 4.78 is 11.7. The number of thiazole rings is 1. The molecule has 1 N–H and O–H groups in total. The standard InChI is InChI=1S/C33H43N5O4S/c1-20(2)30(28-17-29(36-42-28)41-18-26-14-13-25-7-5-15-37(25)26)33(40)38-16-6-8-27(38)32(39)35-21(3)23-9-11-24(12-10-23)31-22(4)34-19-43-31/h9-12,17,19-21,25-27,30H,5-8,13-16,18H2,1-4H3,(H,35,39)/t21?,25?,26-,27?,30?/m0/s1. The van der Waals surface area contributed by atoms with E-state index in [1.54, 1.807) is 22.3 Å². The van der Waals surface area contributed by atoms with E-state index >= 15 is 0 Å². The van der Waals surface area contributed by atoms with Crippen molar-refractivity contribution in [1.29, 1.82) is 0 Å². The van der Waals surface area contributed by atoms with Crippen molar-refractivity contribution in [2.75, 3.05) is 19.7 Å². The maximum Gasteiger partial charge on any atom is 0.254 e. The number of rotatable bonds is 10. The number of amides is 2. The van der Waals surface area contributed by atoms with E-state index in [0.717, 1.165) is 41.1 Å². The van der Waals surface area contributed by atoms with E-state index in [1.165, 1.54) is 19.3 Å². The second-order valence-corrected chi connectivity index (χ2v) is 13.5. The summed E-state index contributed by atoms with van der Waals surface area (Å²) in [5, 5.41) is 7.32. The Morgan fingerprint density at radius 3 is 2.63 bits per heavy atom. The first-order chi connectivity index (χ1) is 20.8. The summed E-state index contributed by atoms with van der Waals surface area (Å²) in [6.07, 6.45) is 6.38. The van der Waals surface area contributed by atoms with Gasteiger partial charge in [0.1, 0.15) is 18.6 Å². The molecule has 1 aromatic carbocycles. The maximum absolute atomic E-state index is 13.9. The summed E-state index contributed by atoms with van der Waals surface area (Å²) in [6.45, 7) is 10.3. The molecule has 230 valence electrons. The van der Waals surface area contributed by atoms with Crippen molar-refractivity contribution < 1.29 is 18.8 Å². The first kappa shape index (κ1) is 29.8. The Labute approximate surface area is 258 Å². The van der Waals surface area contributed by atoms with E-state index in [2.05, 4.69) is 32.5 Å². The van der Waals surface area contributed by atoms with Crippen LogP contribution in [0.1, 0.15) is 88.3 Å². The molecule has 43 heavy (non-hydrogen) atoms. The van der Waals surface area contributed by atoms with E-state index in [9.17, 15) is 9.59 Å².